The molecule has 0 amide bonds. The van der Waals surface area contributed by atoms with Gasteiger partial charge < -0.3 is 10.0 Å². The number of carbonyl (C=O) groups is 1. The fourth-order valence-corrected chi connectivity index (χ4v) is 3.66. The van der Waals surface area contributed by atoms with Crippen molar-refractivity contribution in [3.8, 4) is 0 Å². The zero-order chi connectivity index (χ0) is 19.1. The monoisotopic (exact) mass is 428 g/mol. The summed E-state index contributed by atoms with van der Waals surface area (Å²) in [5, 5.41) is 8.95. The first kappa shape index (κ1) is 19.8. The lowest BCUT2D eigenvalue weighted by atomic mass is 10.1. The first-order valence-corrected chi connectivity index (χ1v) is 10.1. The maximum Gasteiger partial charge on any atom is 0.335 e. The van der Waals surface area contributed by atoms with Gasteiger partial charge in [-0.25, -0.2) is 4.79 Å². The predicted molar refractivity (Wildman–Crippen MR) is 113 cm³/mol. The Balaban J connectivity index is 1.38. The van der Waals surface area contributed by atoms with Gasteiger partial charge in [0.15, 0.2) is 0 Å². The Morgan fingerprint density at radius 2 is 1.74 bits per heavy atom. The summed E-state index contributed by atoms with van der Waals surface area (Å²) in [5.41, 5.74) is 2.76. The van der Waals surface area contributed by atoms with Gasteiger partial charge in [-0.2, -0.15) is 0 Å². The van der Waals surface area contributed by atoms with Crippen molar-refractivity contribution in [3.05, 3.63) is 75.8 Å². The van der Waals surface area contributed by atoms with Gasteiger partial charge in [0.25, 0.3) is 0 Å². The molecule has 27 heavy (non-hydrogen) atoms. The molecule has 1 fully saturated rings. The number of hydrogen-bond acceptors (Lipinski definition) is 3. The molecule has 0 aliphatic carbocycles. The Morgan fingerprint density at radius 3 is 2.41 bits per heavy atom. The maximum absolute atomic E-state index is 10.9. The van der Waals surface area contributed by atoms with E-state index in [1.54, 1.807) is 12.1 Å². The minimum absolute atomic E-state index is 0.350. The van der Waals surface area contributed by atoms with Crippen LogP contribution in [0.4, 0.5) is 0 Å². The zero-order valence-corrected chi connectivity index (χ0v) is 16.9. The van der Waals surface area contributed by atoms with Crippen molar-refractivity contribution in [3.63, 3.8) is 0 Å². The van der Waals surface area contributed by atoms with Crippen molar-refractivity contribution < 1.29 is 9.90 Å². The molecule has 2 aromatic carbocycles. The topological polar surface area (TPSA) is 43.8 Å². The van der Waals surface area contributed by atoms with Gasteiger partial charge in [-0.15, -0.1) is 0 Å². The van der Waals surface area contributed by atoms with Gasteiger partial charge in [0, 0.05) is 43.7 Å². The zero-order valence-electron chi connectivity index (χ0n) is 15.4. The van der Waals surface area contributed by atoms with Gasteiger partial charge in [-0.05, 0) is 41.8 Å². The smallest absolute Gasteiger partial charge is 0.335 e. The number of halogens is 1. The highest BCUT2D eigenvalue weighted by Crippen LogP contribution is 2.13. The highest BCUT2D eigenvalue weighted by Gasteiger charge is 2.15. The van der Waals surface area contributed by atoms with Crippen molar-refractivity contribution in [2.24, 2.45) is 0 Å². The summed E-state index contributed by atoms with van der Waals surface area (Å²) >= 11 is 3.50. The van der Waals surface area contributed by atoms with Crippen LogP contribution < -0.4 is 0 Å². The maximum atomic E-state index is 10.9. The highest BCUT2D eigenvalue weighted by molar-refractivity contribution is 9.10. The van der Waals surface area contributed by atoms with Crippen molar-refractivity contribution in [1.29, 1.82) is 0 Å². The number of hydrogen-bond donors (Lipinski definition) is 1. The quantitative estimate of drug-likeness (QED) is 0.722. The van der Waals surface area contributed by atoms with E-state index in [0.29, 0.717) is 5.56 Å². The second kappa shape index (κ2) is 9.83. The van der Waals surface area contributed by atoms with E-state index in [0.717, 1.165) is 50.2 Å². The first-order valence-electron chi connectivity index (χ1n) is 9.29. The normalized spacial score (nSPS) is 16.0. The van der Waals surface area contributed by atoms with Gasteiger partial charge in [-0.1, -0.05) is 52.3 Å². The van der Waals surface area contributed by atoms with E-state index in [9.17, 15) is 4.79 Å². The molecule has 3 rings (SSSR count). The second-order valence-corrected chi connectivity index (χ2v) is 7.77. The van der Waals surface area contributed by atoms with Crippen molar-refractivity contribution in [1.82, 2.24) is 9.80 Å². The Bertz CT molecular complexity index is 781. The number of nitrogens with zero attached hydrogens (tertiary/aromatic N) is 2. The molecular weight excluding hydrogens is 404 g/mol. The summed E-state index contributed by atoms with van der Waals surface area (Å²) in [7, 11) is 0. The molecule has 0 unspecified atom stereocenters. The van der Waals surface area contributed by atoms with Crippen LogP contribution in [0.15, 0.2) is 59.1 Å². The minimum atomic E-state index is -0.869. The Kier molecular flexibility index (Phi) is 7.21. The van der Waals surface area contributed by atoms with Crippen LogP contribution in [0.3, 0.4) is 0 Å². The molecule has 5 heteroatoms. The number of carboxylic acid groups (broad SMARTS) is 1. The summed E-state index contributed by atoms with van der Waals surface area (Å²) in [5.74, 6) is -0.869. The molecule has 0 aromatic heterocycles. The number of rotatable bonds is 7. The van der Waals surface area contributed by atoms with E-state index < -0.39 is 5.97 Å². The molecule has 1 aliphatic heterocycles. The molecule has 1 aliphatic rings. The van der Waals surface area contributed by atoms with Crippen LogP contribution in [0.1, 0.15) is 21.5 Å². The molecule has 0 saturated carbocycles. The third kappa shape index (κ3) is 6.31. The first-order chi connectivity index (χ1) is 13.1. The van der Waals surface area contributed by atoms with Crippen LogP contribution in [0.25, 0.3) is 6.08 Å². The SMILES string of the molecule is O=C(O)c1ccc(CCN2CCN(CC=Cc3cccc(Br)c3)CC2)cc1. The van der Waals surface area contributed by atoms with Crippen LogP contribution in [0, 0.1) is 0 Å². The number of piperazine rings is 1. The molecule has 1 N–H and O–H groups in total. The summed E-state index contributed by atoms with van der Waals surface area (Å²) in [6.07, 6.45) is 5.38. The van der Waals surface area contributed by atoms with E-state index in [4.69, 9.17) is 5.11 Å². The highest BCUT2D eigenvalue weighted by atomic mass is 79.9. The fourth-order valence-electron chi connectivity index (χ4n) is 3.24. The van der Waals surface area contributed by atoms with E-state index in [1.807, 2.05) is 18.2 Å². The van der Waals surface area contributed by atoms with Gasteiger partial charge in [0.1, 0.15) is 0 Å². The Hall–Kier alpha value is -1.95. The van der Waals surface area contributed by atoms with Gasteiger partial charge in [0.05, 0.1) is 5.56 Å². The minimum Gasteiger partial charge on any atom is -0.478 e. The van der Waals surface area contributed by atoms with Gasteiger partial charge in [0.2, 0.25) is 0 Å². The van der Waals surface area contributed by atoms with E-state index in [2.05, 4.69) is 56.1 Å². The van der Waals surface area contributed by atoms with Gasteiger partial charge >= 0.3 is 5.97 Å². The molecule has 0 bridgehead atoms. The van der Waals surface area contributed by atoms with Crippen LogP contribution >= 0.6 is 15.9 Å². The largest absolute Gasteiger partial charge is 0.478 e. The lowest BCUT2D eigenvalue weighted by Crippen LogP contribution is -2.46. The van der Waals surface area contributed by atoms with Crippen LogP contribution in [0.5, 0.6) is 0 Å². The molecule has 0 atom stereocenters. The number of aromatic carboxylic acids is 1. The molecule has 1 heterocycles. The molecule has 4 nitrogen and oxygen atoms in total. The van der Waals surface area contributed by atoms with Crippen LogP contribution in [0.2, 0.25) is 0 Å². The molecular formula is C22H25BrN2O2. The Labute approximate surface area is 169 Å². The third-order valence-electron chi connectivity index (χ3n) is 4.91. The predicted octanol–water partition coefficient (Wildman–Crippen LogP) is 4.02. The van der Waals surface area contributed by atoms with Crippen molar-refractivity contribution in [2.75, 3.05) is 39.3 Å². The van der Waals surface area contributed by atoms with Crippen LogP contribution in [-0.4, -0.2) is 60.1 Å². The fraction of sp³-hybridized carbons (Fsp3) is 0.318. The number of carboxylic acids is 1. The second-order valence-electron chi connectivity index (χ2n) is 6.85. The Morgan fingerprint density at radius 1 is 1.04 bits per heavy atom. The summed E-state index contributed by atoms with van der Waals surface area (Å²) in [6, 6.07) is 15.5. The lowest BCUT2D eigenvalue weighted by molar-refractivity contribution is 0.0697. The standard InChI is InChI=1S/C22H25BrN2O2/c23-21-5-1-3-19(17-21)4-2-11-24-13-15-25(16-14-24)12-10-18-6-8-20(9-7-18)22(26)27/h1-9,17H,10-16H2,(H,26,27). The van der Waals surface area contributed by atoms with E-state index in [-0.39, 0.29) is 0 Å². The molecule has 1 saturated heterocycles. The van der Waals surface area contributed by atoms with Crippen LogP contribution in [-0.2, 0) is 6.42 Å². The molecule has 0 spiro atoms. The summed E-state index contributed by atoms with van der Waals surface area (Å²) in [6.45, 7) is 6.34. The third-order valence-corrected chi connectivity index (χ3v) is 5.40. The van der Waals surface area contributed by atoms with Crippen molar-refractivity contribution in [2.45, 2.75) is 6.42 Å². The van der Waals surface area contributed by atoms with E-state index in [1.165, 1.54) is 11.1 Å². The van der Waals surface area contributed by atoms with Gasteiger partial charge in [-0.3, -0.25) is 4.90 Å². The van der Waals surface area contributed by atoms with E-state index >= 15 is 0 Å². The molecule has 2 aromatic rings. The average Bonchev–Trinajstić information content (AvgIpc) is 2.68. The average molecular weight is 429 g/mol. The molecule has 142 valence electrons. The lowest BCUT2D eigenvalue weighted by Gasteiger charge is -2.34. The molecule has 0 radical (unpaired) electrons. The van der Waals surface area contributed by atoms with Crippen molar-refractivity contribution >= 4 is 28.0 Å². The number of benzene rings is 2. The summed E-state index contributed by atoms with van der Waals surface area (Å²) in [4.78, 5) is 15.9. The summed E-state index contributed by atoms with van der Waals surface area (Å²) < 4.78 is 1.11.